The number of aromatic nitrogens is 4. The summed E-state index contributed by atoms with van der Waals surface area (Å²) in [6, 6.07) is 19.5. The molecule has 4 aromatic rings. The molecule has 0 aliphatic heterocycles. The lowest BCUT2D eigenvalue weighted by molar-refractivity contribution is -0.129. The van der Waals surface area contributed by atoms with Gasteiger partial charge in [0, 0.05) is 29.2 Å². The summed E-state index contributed by atoms with van der Waals surface area (Å²) in [7, 11) is 0. The summed E-state index contributed by atoms with van der Waals surface area (Å²) in [5.41, 5.74) is 17.8. The number of aryl methyl sites for hydroxylation is 1. The fourth-order valence-corrected chi connectivity index (χ4v) is 5.33. The van der Waals surface area contributed by atoms with Crippen molar-refractivity contribution in [3.05, 3.63) is 95.2 Å². The Kier molecular flexibility index (Phi) is 8.90. The number of hydrogen-bond donors (Lipinski definition) is 5. The Balaban J connectivity index is 1.32. The second-order valence-corrected chi connectivity index (χ2v) is 10.8. The molecule has 3 amide bonds. The van der Waals surface area contributed by atoms with Crippen LogP contribution < -0.4 is 22.1 Å². The number of allylic oxidation sites excluding steroid dienone is 1. The molecule has 1 heterocycles. The van der Waals surface area contributed by atoms with E-state index in [0.29, 0.717) is 36.3 Å². The van der Waals surface area contributed by atoms with Crippen LogP contribution >= 0.6 is 0 Å². The normalized spacial score (nSPS) is 15.4. The van der Waals surface area contributed by atoms with E-state index in [0.717, 1.165) is 46.2 Å². The molecule has 0 bridgehead atoms. The number of carbonyl (C=O) groups excluding carboxylic acids is 3. The van der Waals surface area contributed by atoms with Gasteiger partial charge in [-0.05, 0) is 103 Å². The van der Waals surface area contributed by atoms with Crippen LogP contribution in [0.5, 0.6) is 0 Å². The number of anilines is 1. The van der Waals surface area contributed by atoms with E-state index in [1.165, 1.54) is 0 Å². The van der Waals surface area contributed by atoms with Crippen LogP contribution in [0.15, 0.2) is 78.5 Å². The number of nitrogens with zero attached hydrogens (tertiary/aromatic N) is 3. The van der Waals surface area contributed by atoms with Crippen molar-refractivity contribution in [3.63, 3.8) is 0 Å². The predicted molar refractivity (Wildman–Crippen MR) is 163 cm³/mol. The SMILES string of the molecule is Cc1cc(C(N)=O)ccc1-c1ccc(C[C@H](NC(=O)C2CCC(=CN)CC2)C(=O)Nc2ccc(-c3nn[nH]n3)cc2)cc1. The smallest absolute Gasteiger partial charge is 0.248 e. The van der Waals surface area contributed by atoms with Crippen molar-refractivity contribution in [2.24, 2.45) is 17.4 Å². The molecule has 1 fully saturated rings. The van der Waals surface area contributed by atoms with E-state index in [-0.39, 0.29) is 17.7 Å². The molecule has 0 unspecified atom stereocenters. The first-order valence-corrected chi connectivity index (χ1v) is 14.1. The van der Waals surface area contributed by atoms with E-state index in [1.54, 1.807) is 42.6 Å². The van der Waals surface area contributed by atoms with Crippen molar-refractivity contribution in [2.45, 2.75) is 45.1 Å². The zero-order chi connectivity index (χ0) is 30.3. The molecule has 1 aliphatic rings. The van der Waals surface area contributed by atoms with Gasteiger partial charge in [-0.2, -0.15) is 5.21 Å². The largest absolute Gasteiger partial charge is 0.405 e. The Morgan fingerprint density at radius 1 is 1.00 bits per heavy atom. The van der Waals surface area contributed by atoms with E-state index in [2.05, 4.69) is 31.3 Å². The van der Waals surface area contributed by atoms with Crippen LogP contribution in [0.1, 0.15) is 47.2 Å². The highest BCUT2D eigenvalue weighted by molar-refractivity contribution is 5.98. The molecular formula is C32H34N8O3. The topological polar surface area (TPSA) is 182 Å². The van der Waals surface area contributed by atoms with Gasteiger partial charge in [-0.15, -0.1) is 10.2 Å². The minimum atomic E-state index is -0.793. The number of carbonyl (C=O) groups is 3. The minimum absolute atomic E-state index is 0.134. The highest BCUT2D eigenvalue weighted by Gasteiger charge is 2.28. The molecule has 7 N–H and O–H groups in total. The summed E-state index contributed by atoms with van der Waals surface area (Å²) < 4.78 is 0. The summed E-state index contributed by atoms with van der Waals surface area (Å²) in [6.45, 7) is 1.93. The second-order valence-electron chi connectivity index (χ2n) is 10.8. The Labute approximate surface area is 249 Å². The van der Waals surface area contributed by atoms with Crippen LogP contribution in [0.3, 0.4) is 0 Å². The zero-order valence-corrected chi connectivity index (χ0v) is 23.8. The van der Waals surface area contributed by atoms with Gasteiger partial charge >= 0.3 is 0 Å². The third kappa shape index (κ3) is 7.13. The van der Waals surface area contributed by atoms with Gasteiger partial charge in [0.25, 0.3) is 0 Å². The van der Waals surface area contributed by atoms with Crippen molar-refractivity contribution in [2.75, 3.05) is 5.32 Å². The molecule has 11 nitrogen and oxygen atoms in total. The maximum absolute atomic E-state index is 13.5. The molecule has 0 spiro atoms. The van der Waals surface area contributed by atoms with Gasteiger partial charge in [-0.1, -0.05) is 35.9 Å². The molecule has 43 heavy (non-hydrogen) atoms. The molecule has 5 rings (SSSR count). The van der Waals surface area contributed by atoms with E-state index >= 15 is 0 Å². The van der Waals surface area contributed by atoms with Crippen LogP contribution in [0.2, 0.25) is 0 Å². The summed E-state index contributed by atoms with van der Waals surface area (Å²) >= 11 is 0. The Morgan fingerprint density at radius 3 is 2.30 bits per heavy atom. The summed E-state index contributed by atoms with van der Waals surface area (Å²) in [6.07, 6.45) is 4.89. The van der Waals surface area contributed by atoms with Gasteiger partial charge in [0.2, 0.25) is 23.5 Å². The van der Waals surface area contributed by atoms with Gasteiger partial charge < -0.3 is 22.1 Å². The fraction of sp³-hybridized carbons (Fsp3) is 0.250. The predicted octanol–water partition coefficient (Wildman–Crippen LogP) is 3.64. The molecule has 1 saturated carbocycles. The van der Waals surface area contributed by atoms with Gasteiger partial charge in [-0.3, -0.25) is 14.4 Å². The van der Waals surface area contributed by atoms with Crippen molar-refractivity contribution in [1.29, 1.82) is 0 Å². The number of hydrogen-bond acceptors (Lipinski definition) is 7. The highest BCUT2D eigenvalue weighted by atomic mass is 16.2. The van der Waals surface area contributed by atoms with E-state index in [1.807, 2.05) is 37.3 Å². The van der Waals surface area contributed by atoms with E-state index < -0.39 is 11.9 Å². The molecule has 11 heteroatoms. The number of H-pyrrole nitrogens is 1. The van der Waals surface area contributed by atoms with E-state index in [9.17, 15) is 14.4 Å². The van der Waals surface area contributed by atoms with Crippen molar-refractivity contribution in [1.82, 2.24) is 25.9 Å². The first-order chi connectivity index (χ1) is 20.8. The molecule has 220 valence electrons. The second kappa shape index (κ2) is 13.1. The molecule has 3 aromatic carbocycles. The lowest BCUT2D eigenvalue weighted by Gasteiger charge is -2.26. The summed E-state index contributed by atoms with van der Waals surface area (Å²) in [5, 5.41) is 19.9. The quantitative estimate of drug-likeness (QED) is 0.201. The number of rotatable bonds is 9. The lowest BCUT2D eigenvalue weighted by atomic mass is 9.85. The molecule has 0 saturated heterocycles. The summed E-state index contributed by atoms with van der Waals surface area (Å²) in [5.74, 6) is -0.650. The number of nitrogens with two attached hydrogens (primary N) is 2. The minimum Gasteiger partial charge on any atom is -0.405 e. The standard InChI is InChI=1S/C32H34N8O3/c1-19-16-25(29(34)41)12-15-27(19)22-6-2-20(3-7-22)17-28(36-31(42)24-8-4-21(18-33)5-9-24)32(43)35-26-13-10-23(11-14-26)30-37-39-40-38-30/h2-3,6-7,10-16,18,24,28H,4-5,8-9,17,33H2,1H3,(H2,34,41)(H,35,43)(H,36,42)(H,37,38,39,40)/t24?,28-/m0/s1. The maximum atomic E-state index is 13.5. The number of primary amides is 1. The van der Waals surface area contributed by atoms with Crippen molar-refractivity contribution >= 4 is 23.4 Å². The number of amides is 3. The third-order valence-electron chi connectivity index (χ3n) is 7.84. The van der Waals surface area contributed by atoms with Crippen LogP contribution in [0.25, 0.3) is 22.5 Å². The highest BCUT2D eigenvalue weighted by Crippen LogP contribution is 2.28. The Morgan fingerprint density at radius 2 is 1.70 bits per heavy atom. The van der Waals surface area contributed by atoms with Crippen LogP contribution in [-0.4, -0.2) is 44.4 Å². The number of benzene rings is 3. The number of aromatic amines is 1. The molecule has 1 aliphatic carbocycles. The maximum Gasteiger partial charge on any atom is 0.248 e. The number of tetrazole rings is 1. The molecular weight excluding hydrogens is 544 g/mol. The fourth-order valence-electron chi connectivity index (χ4n) is 5.33. The monoisotopic (exact) mass is 578 g/mol. The van der Waals surface area contributed by atoms with Crippen LogP contribution in [0, 0.1) is 12.8 Å². The van der Waals surface area contributed by atoms with Gasteiger partial charge in [0.05, 0.1) is 0 Å². The zero-order valence-electron chi connectivity index (χ0n) is 23.8. The van der Waals surface area contributed by atoms with Gasteiger partial charge in [0.1, 0.15) is 6.04 Å². The van der Waals surface area contributed by atoms with Crippen molar-refractivity contribution < 1.29 is 14.4 Å². The number of nitrogens with one attached hydrogen (secondary N) is 3. The first-order valence-electron chi connectivity index (χ1n) is 14.1. The Bertz CT molecular complexity index is 1620. The lowest BCUT2D eigenvalue weighted by Crippen LogP contribution is -2.47. The first kappa shape index (κ1) is 29.2. The van der Waals surface area contributed by atoms with Gasteiger partial charge in [-0.25, -0.2) is 0 Å². The molecule has 1 atom stereocenters. The van der Waals surface area contributed by atoms with Crippen LogP contribution in [0.4, 0.5) is 5.69 Å². The van der Waals surface area contributed by atoms with Crippen LogP contribution in [-0.2, 0) is 16.0 Å². The van der Waals surface area contributed by atoms with E-state index in [4.69, 9.17) is 11.5 Å². The molecule has 0 radical (unpaired) electrons. The molecule has 1 aromatic heterocycles. The van der Waals surface area contributed by atoms with Gasteiger partial charge in [0.15, 0.2) is 0 Å². The average molecular weight is 579 g/mol. The average Bonchev–Trinajstić information content (AvgIpc) is 3.57. The third-order valence-corrected chi connectivity index (χ3v) is 7.84. The summed E-state index contributed by atoms with van der Waals surface area (Å²) in [4.78, 5) is 38.4. The van der Waals surface area contributed by atoms with Crippen molar-refractivity contribution in [3.8, 4) is 22.5 Å². The Hall–Kier alpha value is -5.32.